The van der Waals surface area contributed by atoms with E-state index in [-0.39, 0.29) is 5.88 Å². The zero-order valence-electron chi connectivity index (χ0n) is 7.64. The molecular weight excluding hydrogens is 195 g/mol. The van der Waals surface area contributed by atoms with Gasteiger partial charge in [-0.2, -0.15) is 13.2 Å². The molecule has 0 aromatic carbocycles. The molecule has 1 aromatic heterocycles. The molecule has 14 heavy (non-hydrogen) atoms. The van der Waals surface area contributed by atoms with Crippen LogP contribution in [0.15, 0.2) is 18.2 Å². The third kappa shape index (κ3) is 3.64. The summed E-state index contributed by atoms with van der Waals surface area (Å²) in [5.41, 5.74) is 0.713. The maximum atomic E-state index is 11.8. The Morgan fingerprint density at radius 2 is 2.07 bits per heavy atom. The molecule has 0 atom stereocenters. The first-order valence-corrected chi connectivity index (χ1v) is 4.17. The van der Waals surface area contributed by atoms with E-state index >= 15 is 0 Å². The van der Waals surface area contributed by atoms with Crippen molar-refractivity contribution in [3.8, 4) is 5.88 Å². The molecule has 0 saturated carbocycles. The molecular formula is C9H10F3NO. The summed E-state index contributed by atoms with van der Waals surface area (Å²) in [6.45, 7) is 0.572. The summed E-state index contributed by atoms with van der Waals surface area (Å²) in [7, 11) is 0. The number of hydrogen-bond donors (Lipinski definition) is 0. The number of alkyl halides is 3. The molecule has 0 unspecified atom stereocenters. The second kappa shape index (κ2) is 4.30. The molecule has 0 N–H and O–H groups in total. The van der Waals surface area contributed by atoms with Crippen LogP contribution in [0.2, 0.25) is 0 Å². The van der Waals surface area contributed by atoms with Crippen LogP contribution in [0, 0.1) is 0 Å². The second-order valence-electron chi connectivity index (χ2n) is 2.72. The fourth-order valence-electron chi connectivity index (χ4n) is 0.891. The Balaban J connectivity index is 2.59. The molecule has 0 aliphatic carbocycles. The molecule has 0 saturated heterocycles. The summed E-state index contributed by atoms with van der Waals surface area (Å²) in [4.78, 5) is 3.87. The largest absolute Gasteiger partial charge is 0.468 e. The molecule has 2 nitrogen and oxygen atoms in total. The van der Waals surface area contributed by atoms with Crippen LogP contribution < -0.4 is 4.74 Å². The van der Waals surface area contributed by atoms with Gasteiger partial charge in [0.1, 0.15) is 0 Å². The molecule has 0 fully saturated rings. The van der Waals surface area contributed by atoms with Crippen molar-refractivity contribution in [2.45, 2.75) is 19.5 Å². The zero-order valence-corrected chi connectivity index (χ0v) is 7.64. The topological polar surface area (TPSA) is 22.1 Å². The minimum Gasteiger partial charge on any atom is -0.468 e. The Kier molecular flexibility index (Phi) is 3.33. The number of rotatable bonds is 3. The lowest BCUT2D eigenvalue weighted by Crippen LogP contribution is -2.19. The van der Waals surface area contributed by atoms with Gasteiger partial charge in [0.05, 0.1) is 0 Å². The normalized spacial score (nSPS) is 11.4. The third-order valence-corrected chi connectivity index (χ3v) is 1.53. The molecule has 0 aliphatic rings. The Labute approximate surface area is 79.7 Å². The number of halogens is 3. The molecule has 0 bridgehead atoms. The van der Waals surface area contributed by atoms with E-state index in [1.807, 2.05) is 6.92 Å². The van der Waals surface area contributed by atoms with Crippen molar-refractivity contribution in [2.75, 3.05) is 6.61 Å². The standard InChI is InChI=1S/C9H10F3NO/c1-2-7-4-3-5-8(13-7)14-6-9(10,11)12/h3-5H,2,6H2,1H3. The highest BCUT2D eigenvalue weighted by molar-refractivity contribution is 5.15. The van der Waals surface area contributed by atoms with Crippen LogP contribution in [0.1, 0.15) is 12.6 Å². The van der Waals surface area contributed by atoms with E-state index in [9.17, 15) is 13.2 Å². The SMILES string of the molecule is CCc1cccc(OCC(F)(F)F)n1. The lowest BCUT2D eigenvalue weighted by atomic mass is 10.3. The average Bonchev–Trinajstić information content (AvgIpc) is 2.14. The van der Waals surface area contributed by atoms with Gasteiger partial charge in [-0.25, -0.2) is 4.98 Å². The Morgan fingerprint density at radius 1 is 1.36 bits per heavy atom. The number of pyridine rings is 1. The van der Waals surface area contributed by atoms with E-state index in [4.69, 9.17) is 0 Å². The van der Waals surface area contributed by atoms with Crippen molar-refractivity contribution in [2.24, 2.45) is 0 Å². The average molecular weight is 205 g/mol. The smallest absolute Gasteiger partial charge is 0.422 e. The molecule has 5 heteroatoms. The first kappa shape index (κ1) is 10.8. The van der Waals surface area contributed by atoms with Gasteiger partial charge in [-0.15, -0.1) is 0 Å². The van der Waals surface area contributed by atoms with Gasteiger partial charge in [0.2, 0.25) is 5.88 Å². The van der Waals surface area contributed by atoms with Crippen molar-refractivity contribution in [1.82, 2.24) is 4.98 Å². The van der Waals surface area contributed by atoms with Crippen LogP contribution in [0.25, 0.3) is 0 Å². The van der Waals surface area contributed by atoms with E-state index in [1.165, 1.54) is 6.07 Å². The molecule has 0 amide bonds. The van der Waals surface area contributed by atoms with Gasteiger partial charge in [0, 0.05) is 11.8 Å². The highest BCUT2D eigenvalue weighted by Gasteiger charge is 2.28. The minimum atomic E-state index is -4.32. The summed E-state index contributed by atoms with van der Waals surface area (Å²) < 4.78 is 39.8. The van der Waals surface area contributed by atoms with Crippen molar-refractivity contribution < 1.29 is 17.9 Å². The first-order chi connectivity index (χ1) is 6.51. The number of ether oxygens (including phenoxy) is 1. The quantitative estimate of drug-likeness (QED) is 0.756. The van der Waals surface area contributed by atoms with Crippen molar-refractivity contribution >= 4 is 0 Å². The van der Waals surface area contributed by atoms with E-state index in [1.54, 1.807) is 12.1 Å². The molecule has 0 spiro atoms. The van der Waals surface area contributed by atoms with Crippen LogP contribution in [0.3, 0.4) is 0 Å². The highest BCUT2D eigenvalue weighted by atomic mass is 19.4. The van der Waals surface area contributed by atoms with Gasteiger partial charge in [-0.05, 0) is 12.5 Å². The van der Waals surface area contributed by atoms with Gasteiger partial charge in [0.25, 0.3) is 0 Å². The Morgan fingerprint density at radius 3 is 2.64 bits per heavy atom. The van der Waals surface area contributed by atoms with E-state index in [2.05, 4.69) is 9.72 Å². The Bertz CT molecular complexity index is 298. The van der Waals surface area contributed by atoms with Crippen molar-refractivity contribution in [1.29, 1.82) is 0 Å². The predicted molar refractivity (Wildman–Crippen MR) is 45.2 cm³/mol. The summed E-state index contributed by atoms with van der Waals surface area (Å²) in [6, 6.07) is 4.77. The van der Waals surface area contributed by atoms with Gasteiger partial charge in [0.15, 0.2) is 6.61 Å². The number of hydrogen-bond acceptors (Lipinski definition) is 2. The molecule has 0 aliphatic heterocycles. The fourth-order valence-corrected chi connectivity index (χ4v) is 0.891. The maximum absolute atomic E-state index is 11.8. The number of aromatic nitrogens is 1. The summed E-state index contributed by atoms with van der Waals surface area (Å²) in [5.74, 6) is 0.0154. The highest BCUT2D eigenvalue weighted by Crippen LogP contribution is 2.17. The van der Waals surface area contributed by atoms with Crippen molar-refractivity contribution in [3.05, 3.63) is 23.9 Å². The van der Waals surface area contributed by atoms with Gasteiger partial charge in [-0.3, -0.25) is 0 Å². The third-order valence-electron chi connectivity index (χ3n) is 1.53. The van der Waals surface area contributed by atoms with Gasteiger partial charge >= 0.3 is 6.18 Å². The van der Waals surface area contributed by atoms with Gasteiger partial charge in [-0.1, -0.05) is 13.0 Å². The lowest BCUT2D eigenvalue weighted by molar-refractivity contribution is -0.154. The minimum absolute atomic E-state index is 0.0154. The van der Waals surface area contributed by atoms with Crippen molar-refractivity contribution in [3.63, 3.8) is 0 Å². The first-order valence-electron chi connectivity index (χ1n) is 4.17. The van der Waals surface area contributed by atoms with Crippen LogP contribution in [-0.2, 0) is 6.42 Å². The number of aryl methyl sites for hydroxylation is 1. The molecule has 78 valence electrons. The molecule has 1 aromatic rings. The molecule has 0 radical (unpaired) electrons. The predicted octanol–water partition coefficient (Wildman–Crippen LogP) is 2.59. The summed E-state index contributed by atoms with van der Waals surface area (Å²) in [6.07, 6.45) is -3.65. The van der Waals surface area contributed by atoms with E-state index < -0.39 is 12.8 Å². The number of nitrogens with zero attached hydrogens (tertiary/aromatic N) is 1. The summed E-state index contributed by atoms with van der Waals surface area (Å²) in [5, 5.41) is 0. The zero-order chi connectivity index (χ0) is 10.6. The maximum Gasteiger partial charge on any atom is 0.422 e. The van der Waals surface area contributed by atoms with E-state index in [0.29, 0.717) is 12.1 Å². The van der Waals surface area contributed by atoms with Crippen LogP contribution in [-0.4, -0.2) is 17.8 Å². The molecule has 1 heterocycles. The van der Waals surface area contributed by atoms with Crippen LogP contribution in [0.5, 0.6) is 5.88 Å². The van der Waals surface area contributed by atoms with Crippen LogP contribution >= 0.6 is 0 Å². The van der Waals surface area contributed by atoms with E-state index in [0.717, 1.165) is 0 Å². The van der Waals surface area contributed by atoms with Crippen LogP contribution in [0.4, 0.5) is 13.2 Å². The Hall–Kier alpha value is -1.26. The second-order valence-corrected chi connectivity index (χ2v) is 2.72. The monoisotopic (exact) mass is 205 g/mol. The lowest BCUT2D eigenvalue weighted by Gasteiger charge is -2.08. The summed E-state index contributed by atoms with van der Waals surface area (Å²) >= 11 is 0. The molecule has 1 rings (SSSR count). The van der Waals surface area contributed by atoms with Gasteiger partial charge < -0.3 is 4.74 Å². The fraction of sp³-hybridized carbons (Fsp3) is 0.444.